The maximum Gasteiger partial charge on any atom is 0.223 e. The summed E-state index contributed by atoms with van der Waals surface area (Å²) in [4.78, 5) is 15.9. The highest BCUT2D eigenvalue weighted by Gasteiger charge is 2.19. The second-order valence-electron chi connectivity index (χ2n) is 3.75. The third kappa shape index (κ3) is 5.70. The largest absolute Gasteiger partial charge is 0.511 e. The van der Waals surface area contributed by atoms with Gasteiger partial charge in [0.25, 0.3) is 0 Å². The lowest BCUT2D eigenvalue weighted by atomic mass is 10.2. The molecule has 18 heavy (non-hydrogen) atoms. The van der Waals surface area contributed by atoms with Gasteiger partial charge in [0.2, 0.25) is 5.91 Å². The van der Waals surface area contributed by atoms with Gasteiger partial charge in [-0.3, -0.25) is 4.79 Å². The van der Waals surface area contributed by atoms with Gasteiger partial charge in [-0.15, -0.1) is 17.3 Å². The van der Waals surface area contributed by atoms with Crippen molar-refractivity contribution >= 4 is 17.7 Å². The molecule has 8 heteroatoms. The molecule has 7 nitrogen and oxygen atoms in total. The fourth-order valence-electron chi connectivity index (χ4n) is 1.20. The van der Waals surface area contributed by atoms with Crippen LogP contribution in [0.15, 0.2) is 17.6 Å². The van der Waals surface area contributed by atoms with E-state index in [2.05, 4.69) is 22.1 Å². The van der Waals surface area contributed by atoms with Crippen LogP contribution in [0.1, 0.15) is 19.8 Å². The van der Waals surface area contributed by atoms with Gasteiger partial charge in [0.15, 0.2) is 0 Å². The Bertz CT molecular complexity index is 343. The molecule has 0 aliphatic heterocycles. The molecule has 0 radical (unpaired) electrons. The monoisotopic (exact) mass is 273 g/mol. The van der Waals surface area contributed by atoms with Crippen molar-refractivity contribution in [1.29, 1.82) is 0 Å². The molecule has 0 saturated carbocycles. The number of hydrogen-bond donors (Lipinski definition) is 2. The maximum atomic E-state index is 11.8. The van der Waals surface area contributed by atoms with Crippen molar-refractivity contribution in [3.8, 4) is 0 Å². The van der Waals surface area contributed by atoms with Gasteiger partial charge in [0.05, 0.1) is 6.04 Å². The molecule has 102 valence electrons. The maximum absolute atomic E-state index is 11.8. The number of aliphatic hydroxyl groups excluding tert-OH is 1. The van der Waals surface area contributed by atoms with Gasteiger partial charge in [-0.25, -0.2) is 5.43 Å². The van der Waals surface area contributed by atoms with Crippen LogP contribution in [0.4, 0.5) is 0 Å². The number of nitrogens with zero attached hydrogens (tertiary/aromatic N) is 4. The summed E-state index contributed by atoms with van der Waals surface area (Å²) >= 11 is 1.46. The second-order valence-corrected chi connectivity index (χ2v) is 4.79. The Morgan fingerprint density at radius 1 is 1.72 bits per heavy atom. The predicted octanol–water partition coefficient (Wildman–Crippen LogP) is 2.19. The zero-order chi connectivity index (χ0) is 14.1. The molecule has 0 aliphatic rings. The fraction of sp³-hybridized carbons (Fsp3) is 0.700. The summed E-state index contributed by atoms with van der Waals surface area (Å²) in [6.45, 7) is 5.10. The summed E-state index contributed by atoms with van der Waals surface area (Å²) in [5, 5.41) is 12.4. The quantitative estimate of drug-likeness (QED) is 0.177. The Morgan fingerprint density at radius 2 is 2.33 bits per heavy atom. The third-order valence-corrected chi connectivity index (χ3v) is 3.52. The molecule has 1 amide bonds. The number of amides is 1. The summed E-state index contributed by atoms with van der Waals surface area (Å²) in [6.07, 6.45) is 2.69. The zero-order valence-electron chi connectivity index (χ0n) is 10.8. The molecule has 2 unspecified atom stereocenters. The molecule has 0 fully saturated rings. The van der Waals surface area contributed by atoms with Crippen molar-refractivity contribution in [2.24, 2.45) is 5.22 Å². The Hall–Kier alpha value is -1.53. The van der Waals surface area contributed by atoms with Crippen molar-refractivity contribution in [2.45, 2.75) is 31.2 Å². The van der Waals surface area contributed by atoms with E-state index in [1.54, 1.807) is 14.0 Å². The van der Waals surface area contributed by atoms with Gasteiger partial charge < -0.3 is 10.0 Å². The van der Waals surface area contributed by atoms with Gasteiger partial charge in [-0.1, -0.05) is 6.58 Å². The van der Waals surface area contributed by atoms with Crippen LogP contribution in [-0.4, -0.2) is 40.6 Å². The van der Waals surface area contributed by atoms with Crippen LogP contribution in [0.5, 0.6) is 0 Å². The van der Waals surface area contributed by atoms with Gasteiger partial charge in [-0.2, -0.15) is 4.91 Å². The van der Waals surface area contributed by atoms with Crippen molar-refractivity contribution in [3.63, 3.8) is 0 Å². The molecule has 0 saturated heterocycles. The first-order valence-electron chi connectivity index (χ1n) is 5.39. The van der Waals surface area contributed by atoms with E-state index in [9.17, 15) is 9.90 Å². The lowest BCUT2D eigenvalue weighted by Crippen LogP contribution is -2.36. The minimum Gasteiger partial charge on any atom is -0.511 e. The Morgan fingerprint density at radius 3 is 2.78 bits per heavy atom. The minimum absolute atomic E-state index is 0.0422. The number of carbonyl (C=O) groups is 1. The molecular formula is C10H19N5O2S. The van der Waals surface area contributed by atoms with Crippen LogP contribution >= 0.6 is 11.8 Å². The van der Waals surface area contributed by atoms with E-state index in [1.165, 1.54) is 16.7 Å². The lowest BCUT2D eigenvalue weighted by molar-refractivity contribution is -0.131. The zero-order valence-corrected chi connectivity index (χ0v) is 11.6. The number of aliphatic hydroxyl groups is 1. The molecule has 2 N–H and O–H groups in total. The molecule has 0 heterocycles. The predicted molar refractivity (Wildman–Crippen MR) is 72.8 cm³/mol. The van der Waals surface area contributed by atoms with Crippen LogP contribution in [0.3, 0.4) is 0 Å². The van der Waals surface area contributed by atoms with Crippen molar-refractivity contribution < 1.29 is 9.90 Å². The molecular weight excluding hydrogens is 254 g/mol. The first-order valence-corrected chi connectivity index (χ1v) is 6.68. The van der Waals surface area contributed by atoms with E-state index in [4.69, 9.17) is 5.53 Å². The molecule has 2 atom stereocenters. The van der Waals surface area contributed by atoms with E-state index < -0.39 is 6.04 Å². The summed E-state index contributed by atoms with van der Waals surface area (Å²) in [7, 11) is 1.61. The third-order valence-electron chi connectivity index (χ3n) is 2.61. The smallest absolute Gasteiger partial charge is 0.223 e. The minimum atomic E-state index is -0.407. The van der Waals surface area contributed by atoms with Crippen molar-refractivity contribution in [2.75, 3.05) is 13.3 Å². The molecule has 0 spiro atoms. The van der Waals surface area contributed by atoms with Crippen LogP contribution < -0.4 is 5.43 Å². The number of hydrogen-bond acceptors (Lipinski definition) is 4. The molecule has 0 aromatic heterocycles. The number of likely N-dealkylation sites (N-methyl/N-ethyl adjacent to an activating group) is 1. The lowest BCUT2D eigenvalue weighted by Gasteiger charge is -2.24. The van der Waals surface area contributed by atoms with Crippen molar-refractivity contribution in [3.05, 3.63) is 22.8 Å². The summed E-state index contributed by atoms with van der Waals surface area (Å²) < 4.78 is 0. The summed E-state index contributed by atoms with van der Waals surface area (Å²) in [6, 6.07) is -0.407. The Balaban J connectivity index is 4.22. The molecule has 0 bridgehead atoms. The highest BCUT2D eigenvalue weighted by Crippen LogP contribution is 2.13. The molecule has 0 rings (SSSR count). The average molecular weight is 273 g/mol. The van der Waals surface area contributed by atoms with Crippen molar-refractivity contribution in [1.82, 2.24) is 10.3 Å². The fourth-order valence-corrected chi connectivity index (χ4v) is 1.70. The van der Waals surface area contributed by atoms with Crippen LogP contribution in [0, 0.1) is 0 Å². The average Bonchev–Trinajstić information content (AvgIpc) is 2.36. The van der Waals surface area contributed by atoms with Gasteiger partial charge in [0.1, 0.15) is 11.1 Å². The SMILES string of the molecule is C=C(O)C(C)N(C)C(=O)CCC(NN=[N+]=[N-])SC. The number of thioether (sulfide) groups is 1. The van der Waals surface area contributed by atoms with Crippen LogP contribution in [-0.2, 0) is 4.79 Å². The van der Waals surface area contributed by atoms with E-state index >= 15 is 0 Å². The second kappa shape index (κ2) is 8.54. The highest BCUT2D eigenvalue weighted by atomic mass is 32.2. The summed E-state index contributed by atoms with van der Waals surface area (Å²) in [5.41, 5.74) is 10.8. The molecule has 0 aromatic rings. The molecule has 0 aromatic carbocycles. The standard InChI is InChI=1S/C10H19N5O2S/c1-7(8(2)16)15(3)10(17)6-5-9(18-4)12-14-13-11/h7,9,12,16H,2,5-6H2,1,3-4H3. The van der Waals surface area contributed by atoms with E-state index in [1.807, 2.05) is 6.26 Å². The van der Waals surface area contributed by atoms with E-state index in [0.717, 1.165) is 0 Å². The molecule has 0 aliphatic carbocycles. The van der Waals surface area contributed by atoms with Gasteiger partial charge in [-0.05, 0) is 18.4 Å². The van der Waals surface area contributed by atoms with Gasteiger partial charge >= 0.3 is 0 Å². The number of nitrogens with one attached hydrogen (secondary N) is 1. The topological polar surface area (TPSA) is 101 Å². The van der Waals surface area contributed by atoms with E-state index in [0.29, 0.717) is 12.8 Å². The number of rotatable bonds is 8. The Labute approximate surface area is 111 Å². The van der Waals surface area contributed by atoms with Crippen LogP contribution in [0.2, 0.25) is 0 Å². The summed E-state index contributed by atoms with van der Waals surface area (Å²) in [5.74, 6) is -0.140. The van der Waals surface area contributed by atoms with Crippen LogP contribution in [0.25, 0.3) is 10.4 Å². The Kier molecular flexibility index (Phi) is 7.82. The number of carbonyl (C=O) groups excluding carboxylic acids is 1. The first kappa shape index (κ1) is 16.5. The van der Waals surface area contributed by atoms with Gasteiger partial charge in [0, 0.05) is 19.9 Å². The highest BCUT2D eigenvalue weighted by molar-refractivity contribution is 7.99. The first-order chi connectivity index (χ1) is 8.43. The van der Waals surface area contributed by atoms with E-state index in [-0.39, 0.29) is 17.0 Å². The number of azide groups is 1. The normalized spacial score (nSPS) is 13.1.